The number of aromatic nitrogens is 1. The highest BCUT2D eigenvalue weighted by molar-refractivity contribution is 5.36. The van der Waals surface area contributed by atoms with Gasteiger partial charge in [0.05, 0.1) is 0 Å². The van der Waals surface area contributed by atoms with Gasteiger partial charge in [-0.25, -0.2) is 8.78 Å². The second-order valence-electron chi connectivity index (χ2n) is 5.03. The Morgan fingerprint density at radius 3 is 2.75 bits per heavy atom. The molecule has 0 saturated heterocycles. The van der Waals surface area contributed by atoms with Crippen LogP contribution in [0, 0.1) is 18.1 Å². The lowest BCUT2D eigenvalue weighted by molar-refractivity contribution is 0.458. The quantitative estimate of drug-likeness (QED) is 0.808. The molecular formula is C16H15F2N2. The molecule has 4 heteroatoms. The van der Waals surface area contributed by atoms with E-state index in [2.05, 4.69) is 4.98 Å². The molecule has 2 aromatic rings. The Balaban J connectivity index is 2.05. The summed E-state index contributed by atoms with van der Waals surface area (Å²) in [6.07, 6.45) is 5.15. The lowest BCUT2D eigenvalue weighted by Gasteiger charge is -2.23. The average molecular weight is 273 g/mol. The molecule has 1 radical (unpaired) electrons. The topological polar surface area (TPSA) is 38.9 Å². The first-order valence-corrected chi connectivity index (χ1v) is 6.66. The third-order valence-corrected chi connectivity index (χ3v) is 3.86. The zero-order valence-corrected chi connectivity index (χ0v) is 10.9. The van der Waals surface area contributed by atoms with Crippen LogP contribution in [0.15, 0.2) is 36.5 Å². The van der Waals surface area contributed by atoms with Crippen molar-refractivity contribution in [2.24, 2.45) is 5.73 Å². The summed E-state index contributed by atoms with van der Waals surface area (Å²) < 4.78 is 27.4. The number of rotatable bonds is 1. The fourth-order valence-corrected chi connectivity index (χ4v) is 2.83. The molecule has 1 aromatic heterocycles. The molecule has 1 aliphatic carbocycles. The van der Waals surface area contributed by atoms with E-state index in [1.54, 1.807) is 12.3 Å². The maximum Gasteiger partial charge on any atom is 0.162 e. The smallest absolute Gasteiger partial charge is 0.162 e. The van der Waals surface area contributed by atoms with Crippen LogP contribution in [0.1, 0.15) is 41.6 Å². The molecule has 0 bridgehead atoms. The van der Waals surface area contributed by atoms with Crippen LogP contribution in [0.25, 0.3) is 0 Å². The molecule has 1 aromatic carbocycles. The van der Waals surface area contributed by atoms with E-state index < -0.39 is 11.6 Å². The van der Waals surface area contributed by atoms with Crippen molar-refractivity contribution in [3.05, 3.63) is 71.4 Å². The van der Waals surface area contributed by atoms with E-state index in [4.69, 9.17) is 5.73 Å². The summed E-state index contributed by atoms with van der Waals surface area (Å²) in [6.45, 7) is 0. The fraction of sp³-hybridized carbons (Fsp3) is 0.250. The van der Waals surface area contributed by atoms with Gasteiger partial charge in [0, 0.05) is 30.3 Å². The first-order chi connectivity index (χ1) is 9.68. The van der Waals surface area contributed by atoms with Gasteiger partial charge in [0.15, 0.2) is 11.6 Å². The summed E-state index contributed by atoms with van der Waals surface area (Å²) in [5.74, 6) is -1.86. The third kappa shape index (κ3) is 2.20. The first kappa shape index (κ1) is 13.2. The number of halogens is 2. The summed E-state index contributed by atoms with van der Waals surface area (Å²) in [5.41, 5.74) is 8.38. The van der Waals surface area contributed by atoms with Crippen LogP contribution in [-0.4, -0.2) is 4.98 Å². The predicted molar refractivity (Wildman–Crippen MR) is 72.9 cm³/mol. The van der Waals surface area contributed by atoms with Crippen LogP contribution in [0.3, 0.4) is 0 Å². The van der Waals surface area contributed by atoms with Crippen molar-refractivity contribution >= 4 is 0 Å². The monoisotopic (exact) mass is 273 g/mol. The van der Waals surface area contributed by atoms with Gasteiger partial charge < -0.3 is 5.73 Å². The van der Waals surface area contributed by atoms with Crippen molar-refractivity contribution in [3.8, 4) is 0 Å². The van der Waals surface area contributed by atoms with Crippen LogP contribution >= 0.6 is 0 Å². The molecule has 1 aliphatic rings. The van der Waals surface area contributed by atoms with E-state index >= 15 is 0 Å². The molecule has 0 amide bonds. The highest BCUT2D eigenvalue weighted by Crippen LogP contribution is 2.39. The Labute approximate surface area is 116 Å². The number of fused-ring (bicyclic) bond motifs is 1. The van der Waals surface area contributed by atoms with Crippen molar-refractivity contribution in [1.82, 2.24) is 4.98 Å². The molecular weight excluding hydrogens is 258 g/mol. The molecule has 2 nitrogen and oxygen atoms in total. The van der Waals surface area contributed by atoms with Gasteiger partial charge in [-0.2, -0.15) is 0 Å². The Morgan fingerprint density at radius 1 is 1.10 bits per heavy atom. The van der Waals surface area contributed by atoms with Gasteiger partial charge in [0.25, 0.3) is 0 Å². The molecule has 2 atom stereocenters. The lowest BCUT2D eigenvalue weighted by Crippen LogP contribution is -2.21. The largest absolute Gasteiger partial charge is 0.323 e. The standard InChI is InChI=1S/C16H15F2N2/c17-13-7-1-4-10(15(13)18)11-5-2-8-14-12(16(11)19)6-3-9-20-14/h1,3-4,6-9,11,16H,2,5,19H2. The van der Waals surface area contributed by atoms with Crippen LogP contribution in [-0.2, 0) is 0 Å². The summed E-state index contributed by atoms with van der Waals surface area (Å²) in [7, 11) is 0. The molecule has 2 unspecified atom stereocenters. The summed E-state index contributed by atoms with van der Waals surface area (Å²) in [4.78, 5) is 4.29. The second kappa shape index (κ2) is 5.29. The van der Waals surface area contributed by atoms with Gasteiger partial charge in [-0.1, -0.05) is 18.2 Å². The summed E-state index contributed by atoms with van der Waals surface area (Å²) in [6, 6.07) is 7.61. The predicted octanol–water partition coefficient (Wildman–Crippen LogP) is 3.49. The Bertz CT molecular complexity index is 628. The maximum absolute atomic E-state index is 14.0. The minimum atomic E-state index is -0.825. The van der Waals surface area contributed by atoms with E-state index in [0.29, 0.717) is 12.0 Å². The van der Waals surface area contributed by atoms with E-state index in [0.717, 1.165) is 23.7 Å². The van der Waals surface area contributed by atoms with Crippen molar-refractivity contribution < 1.29 is 8.78 Å². The number of pyridine rings is 1. The van der Waals surface area contributed by atoms with E-state index in [-0.39, 0.29) is 12.0 Å². The summed E-state index contributed by atoms with van der Waals surface area (Å²) >= 11 is 0. The normalized spacial score (nSPS) is 22.1. The zero-order valence-electron chi connectivity index (χ0n) is 10.9. The van der Waals surface area contributed by atoms with Crippen molar-refractivity contribution in [1.29, 1.82) is 0 Å². The minimum Gasteiger partial charge on any atom is -0.323 e. The van der Waals surface area contributed by atoms with Crippen molar-refractivity contribution in [2.45, 2.75) is 24.8 Å². The van der Waals surface area contributed by atoms with Crippen LogP contribution in [0.5, 0.6) is 0 Å². The summed E-state index contributed by atoms with van der Waals surface area (Å²) in [5, 5.41) is 0. The average Bonchev–Trinajstić information content (AvgIpc) is 2.62. The second-order valence-corrected chi connectivity index (χ2v) is 5.03. The molecule has 3 rings (SSSR count). The van der Waals surface area contributed by atoms with E-state index in [9.17, 15) is 8.78 Å². The Hall–Kier alpha value is -1.81. The Kier molecular flexibility index (Phi) is 3.49. The van der Waals surface area contributed by atoms with Gasteiger partial charge in [-0.05, 0) is 36.1 Å². The van der Waals surface area contributed by atoms with Gasteiger partial charge in [0.1, 0.15) is 0 Å². The number of nitrogens with zero attached hydrogens (tertiary/aromatic N) is 1. The van der Waals surface area contributed by atoms with Gasteiger partial charge in [-0.3, -0.25) is 4.98 Å². The van der Waals surface area contributed by atoms with E-state index in [1.807, 2.05) is 18.6 Å². The van der Waals surface area contributed by atoms with Crippen LogP contribution < -0.4 is 5.73 Å². The molecule has 0 saturated carbocycles. The molecule has 2 N–H and O–H groups in total. The molecule has 1 heterocycles. The molecule has 0 fully saturated rings. The third-order valence-electron chi connectivity index (χ3n) is 3.86. The zero-order chi connectivity index (χ0) is 14.1. The van der Waals surface area contributed by atoms with Gasteiger partial charge in [0.2, 0.25) is 0 Å². The van der Waals surface area contributed by atoms with Crippen LogP contribution in [0.4, 0.5) is 8.78 Å². The van der Waals surface area contributed by atoms with Gasteiger partial charge in [-0.15, -0.1) is 0 Å². The van der Waals surface area contributed by atoms with Crippen molar-refractivity contribution in [2.75, 3.05) is 0 Å². The lowest BCUT2D eigenvalue weighted by atomic mass is 9.86. The minimum absolute atomic E-state index is 0.243. The Morgan fingerprint density at radius 2 is 1.90 bits per heavy atom. The number of hydrogen-bond donors (Lipinski definition) is 1. The number of nitrogens with two attached hydrogens (primary N) is 1. The molecule has 0 aliphatic heterocycles. The highest BCUT2D eigenvalue weighted by Gasteiger charge is 2.29. The van der Waals surface area contributed by atoms with Gasteiger partial charge >= 0.3 is 0 Å². The van der Waals surface area contributed by atoms with Crippen molar-refractivity contribution in [3.63, 3.8) is 0 Å². The molecule has 0 spiro atoms. The first-order valence-electron chi connectivity index (χ1n) is 6.66. The highest BCUT2D eigenvalue weighted by atomic mass is 19.2. The maximum atomic E-state index is 14.0. The SMILES string of the molecule is NC1c2cccnc2[CH]CCC1c1cccc(F)c1F. The molecule has 103 valence electrons. The number of hydrogen-bond acceptors (Lipinski definition) is 2. The number of benzene rings is 1. The fourth-order valence-electron chi connectivity index (χ4n) is 2.83. The molecule has 20 heavy (non-hydrogen) atoms. The van der Waals surface area contributed by atoms with E-state index in [1.165, 1.54) is 6.07 Å². The van der Waals surface area contributed by atoms with Crippen LogP contribution in [0.2, 0.25) is 0 Å².